The monoisotopic (exact) mass is 399 g/mol. The van der Waals surface area contributed by atoms with Crippen LogP contribution in [-0.2, 0) is 16.0 Å². The normalized spacial score (nSPS) is 12.5. The molecular formula is C21H25N3O5. The lowest BCUT2D eigenvalue weighted by Gasteiger charge is -2.18. The molecule has 0 aliphatic heterocycles. The van der Waals surface area contributed by atoms with Crippen molar-refractivity contribution in [3.05, 3.63) is 69.8 Å². The summed E-state index contributed by atoms with van der Waals surface area (Å²) in [6.45, 7) is 3.35. The van der Waals surface area contributed by atoms with E-state index in [1.165, 1.54) is 24.6 Å². The van der Waals surface area contributed by atoms with Gasteiger partial charge in [-0.2, -0.15) is 0 Å². The third-order valence-electron chi connectivity index (χ3n) is 4.45. The number of rotatable bonds is 9. The topological polar surface area (TPSA) is 111 Å². The van der Waals surface area contributed by atoms with Gasteiger partial charge in [-0.25, -0.2) is 4.79 Å². The van der Waals surface area contributed by atoms with E-state index in [-0.39, 0.29) is 23.0 Å². The average Bonchev–Trinajstić information content (AvgIpc) is 2.72. The maximum absolute atomic E-state index is 12.3. The average molecular weight is 399 g/mol. The van der Waals surface area contributed by atoms with Crippen LogP contribution in [0.1, 0.15) is 36.2 Å². The van der Waals surface area contributed by atoms with Crippen molar-refractivity contribution in [3.8, 4) is 0 Å². The Morgan fingerprint density at radius 1 is 1.14 bits per heavy atom. The van der Waals surface area contributed by atoms with Crippen LogP contribution in [0.25, 0.3) is 0 Å². The van der Waals surface area contributed by atoms with Crippen molar-refractivity contribution in [1.82, 2.24) is 5.32 Å². The van der Waals surface area contributed by atoms with Crippen molar-refractivity contribution in [2.75, 3.05) is 12.4 Å². The number of nitrogens with zero attached hydrogens (tertiary/aromatic N) is 1. The van der Waals surface area contributed by atoms with Gasteiger partial charge < -0.3 is 15.4 Å². The number of benzene rings is 2. The molecule has 0 saturated carbocycles. The van der Waals surface area contributed by atoms with E-state index in [0.29, 0.717) is 0 Å². The summed E-state index contributed by atoms with van der Waals surface area (Å²) in [5.74, 6) is -1.21. The fraction of sp³-hybridized carbons (Fsp3) is 0.333. The molecule has 1 amide bonds. The molecular weight excluding hydrogens is 374 g/mol. The first-order chi connectivity index (χ1) is 13.8. The first-order valence-electron chi connectivity index (χ1n) is 9.33. The molecule has 8 heteroatoms. The Bertz CT molecular complexity index is 870. The van der Waals surface area contributed by atoms with E-state index in [1.54, 1.807) is 7.05 Å². The SMILES string of the molecule is CNc1ccc(C(=O)O[C@@H](C)C(=O)N[C@H](C)CCc2ccccc2)cc1[N+](=O)[O-]. The second kappa shape index (κ2) is 10.2. The van der Waals surface area contributed by atoms with E-state index in [4.69, 9.17) is 4.74 Å². The molecule has 0 heterocycles. The molecule has 0 unspecified atom stereocenters. The highest BCUT2D eigenvalue weighted by atomic mass is 16.6. The van der Waals surface area contributed by atoms with E-state index in [0.717, 1.165) is 18.9 Å². The third-order valence-corrected chi connectivity index (χ3v) is 4.45. The van der Waals surface area contributed by atoms with Crippen molar-refractivity contribution in [1.29, 1.82) is 0 Å². The highest BCUT2D eigenvalue weighted by Gasteiger charge is 2.23. The Balaban J connectivity index is 1.90. The molecule has 0 aliphatic carbocycles. The Morgan fingerprint density at radius 3 is 2.45 bits per heavy atom. The Labute approximate surface area is 169 Å². The van der Waals surface area contributed by atoms with Gasteiger partial charge in [-0.15, -0.1) is 0 Å². The summed E-state index contributed by atoms with van der Waals surface area (Å²) in [7, 11) is 1.55. The number of nitro benzene ring substituents is 1. The second-order valence-corrected chi connectivity index (χ2v) is 6.72. The molecule has 2 rings (SSSR count). The minimum absolute atomic E-state index is 0.00692. The fourth-order valence-electron chi connectivity index (χ4n) is 2.76. The summed E-state index contributed by atoms with van der Waals surface area (Å²) in [6.07, 6.45) is 0.538. The van der Waals surface area contributed by atoms with Crippen LogP contribution in [0.15, 0.2) is 48.5 Å². The molecule has 0 radical (unpaired) electrons. The van der Waals surface area contributed by atoms with E-state index in [9.17, 15) is 19.7 Å². The van der Waals surface area contributed by atoms with E-state index >= 15 is 0 Å². The van der Waals surface area contributed by atoms with Crippen LogP contribution in [0.2, 0.25) is 0 Å². The Morgan fingerprint density at radius 2 is 1.83 bits per heavy atom. The summed E-state index contributed by atoms with van der Waals surface area (Å²) in [6, 6.07) is 13.8. The largest absolute Gasteiger partial charge is 0.449 e. The smallest absolute Gasteiger partial charge is 0.339 e. The van der Waals surface area contributed by atoms with Crippen LogP contribution in [0, 0.1) is 10.1 Å². The predicted molar refractivity (Wildman–Crippen MR) is 110 cm³/mol. The van der Waals surface area contributed by atoms with Gasteiger partial charge in [-0.05, 0) is 44.4 Å². The first kappa shape index (κ1) is 21.9. The summed E-state index contributed by atoms with van der Waals surface area (Å²) in [5, 5.41) is 16.6. The summed E-state index contributed by atoms with van der Waals surface area (Å²) >= 11 is 0. The standard InChI is InChI=1S/C21H25N3O5/c1-14(9-10-16-7-5-4-6-8-16)23-20(25)15(2)29-21(26)17-11-12-18(22-3)19(13-17)24(27)28/h4-8,11-15,22H,9-10H2,1-3H3,(H,23,25)/t14-,15+/m1/s1. The van der Waals surface area contributed by atoms with Gasteiger partial charge in [-0.3, -0.25) is 14.9 Å². The third kappa shape index (κ3) is 6.31. The van der Waals surface area contributed by atoms with Gasteiger partial charge >= 0.3 is 5.97 Å². The lowest BCUT2D eigenvalue weighted by atomic mass is 10.1. The summed E-state index contributed by atoms with van der Waals surface area (Å²) in [4.78, 5) is 35.1. The number of ether oxygens (including phenoxy) is 1. The quantitative estimate of drug-likeness (QED) is 0.380. The van der Waals surface area contributed by atoms with Gasteiger partial charge in [0.2, 0.25) is 0 Å². The van der Waals surface area contributed by atoms with Gasteiger partial charge in [0.05, 0.1) is 10.5 Å². The van der Waals surface area contributed by atoms with Crippen LogP contribution < -0.4 is 10.6 Å². The minimum Gasteiger partial charge on any atom is -0.449 e. The molecule has 2 aromatic carbocycles. The summed E-state index contributed by atoms with van der Waals surface area (Å²) < 4.78 is 5.18. The first-order valence-corrected chi connectivity index (χ1v) is 9.33. The number of esters is 1. The molecule has 0 aliphatic rings. The van der Waals surface area contributed by atoms with Crippen molar-refractivity contribution >= 4 is 23.3 Å². The van der Waals surface area contributed by atoms with Gasteiger partial charge in [0.1, 0.15) is 5.69 Å². The number of nitrogens with one attached hydrogen (secondary N) is 2. The molecule has 0 saturated heterocycles. The van der Waals surface area contributed by atoms with E-state index in [2.05, 4.69) is 10.6 Å². The number of hydrogen-bond acceptors (Lipinski definition) is 6. The Hall–Kier alpha value is -3.42. The van der Waals surface area contributed by atoms with Crippen LogP contribution >= 0.6 is 0 Å². The number of carbonyl (C=O) groups is 2. The zero-order valence-electron chi connectivity index (χ0n) is 16.7. The molecule has 0 bridgehead atoms. The molecule has 2 aromatic rings. The second-order valence-electron chi connectivity index (χ2n) is 6.72. The van der Waals surface area contributed by atoms with Crippen LogP contribution in [0.4, 0.5) is 11.4 Å². The molecule has 0 aromatic heterocycles. The minimum atomic E-state index is -1.02. The number of anilines is 1. The van der Waals surface area contributed by atoms with Crippen molar-refractivity contribution in [2.24, 2.45) is 0 Å². The highest BCUT2D eigenvalue weighted by molar-refractivity contribution is 5.93. The van der Waals surface area contributed by atoms with Crippen LogP contribution in [0.5, 0.6) is 0 Å². The lowest BCUT2D eigenvalue weighted by Crippen LogP contribution is -2.41. The van der Waals surface area contributed by atoms with Crippen molar-refractivity contribution in [2.45, 2.75) is 38.8 Å². The fourth-order valence-corrected chi connectivity index (χ4v) is 2.76. The van der Waals surface area contributed by atoms with Gasteiger partial charge in [0.25, 0.3) is 11.6 Å². The van der Waals surface area contributed by atoms with Gasteiger partial charge in [0.15, 0.2) is 6.10 Å². The van der Waals surface area contributed by atoms with E-state index < -0.39 is 22.9 Å². The highest BCUT2D eigenvalue weighted by Crippen LogP contribution is 2.25. The maximum Gasteiger partial charge on any atom is 0.339 e. The zero-order valence-corrected chi connectivity index (χ0v) is 16.7. The van der Waals surface area contributed by atoms with Crippen LogP contribution in [0.3, 0.4) is 0 Å². The zero-order chi connectivity index (χ0) is 21.4. The van der Waals surface area contributed by atoms with Crippen molar-refractivity contribution < 1.29 is 19.2 Å². The van der Waals surface area contributed by atoms with Crippen molar-refractivity contribution in [3.63, 3.8) is 0 Å². The van der Waals surface area contributed by atoms with E-state index in [1.807, 2.05) is 37.3 Å². The molecule has 0 spiro atoms. The molecule has 29 heavy (non-hydrogen) atoms. The lowest BCUT2D eigenvalue weighted by molar-refractivity contribution is -0.384. The summed E-state index contributed by atoms with van der Waals surface area (Å²) in [5.41, 5.74) is 1.23. The number of amides is 1. The number of aryl methyl sites for hydroxylation is 1. The Kier molecular flexibility index (Phi) is 7.70. The van der Waals surface area contributed by atoms with Gasteiger partial charge in [-0.1, -0.05) is 30.3 Å². The maximum atomic E-state index is 12.3. The predicted octanol–water partition coefficient (Wildman–Crippen LogP) is 3.32. The van der Waals surface area contributed by atoms with Gasteiger partial charge in [0, 0.05) is 19.2 Å². The van der Waals surface area contributed by atoms with Crippen LogP contribution in [-0.4, -0.2) is 36.0 Å². The number of carbonyl (C=O) groups excluding carboxylic acids is 2. The molecule has 2 N–H and O–H groups in total. The number of hydrogen-bond donors (Lipinski definition) is 2. The molecule has 2 atom stereocenters. The molecule has 154 valence electrons. The molecule has 0 fully saturated rings. The number of nitro groups is 1. The molecule has 8 nitrogen and oxygen atoms in total.